The number of anilines is 1. The smallest absolute Gasteiger partial charge is 0.240 e. The Morgan fingerprint density at radius 1 is 1.15 bits per heavy atom. The van der Waals surface area contributed by atoms with E-state index in [0.29, 0.717) is 25.4 Å². The van der Waals surface area contributed by atoms with E-state index in [0.717, 1.165) is 33.8 Å². The van der Waals surface area contributed by atoms with E-state index in [1.54, 1.807) is 30.9 Å². The molecular formula is C30H38N4O4S. The molecule has 1 aliphatic heterocycles. The summed E-state index contributed by atoms with van der Waals surface area (Å²) >= 11 is 1.58. The van der Waals surface area contributed by atoms with Crippen LogP contribution in [-0.4, -0.2) is 61.3 Å². The predicted octanol–water partition coefficient (Wildman–Crippen LogP) is 4.81. The van der Waals surface area contributed by atoms with Crippen molar-refractivity contribution in [2.24, 2.45) is 0 Å². The molecule has 2 amide bonds. The number of rotatable bonds is 9. The van der Waals surface area contributed by atoms with E-state index in [-0.39, 0.29) is 34.8 Å². The van der Waals surface area contributed by atoms with E-state index in [2.05, 4.69) is 51.2 Å². The summed E-state index contributed by atoms with van der Waals surface area (Å²) in [6, 6.07) is 16.0. The molecule has 0 spiro atoms. The number of ether oxygens (including phenoxy) is 2. The molecule has 39 heavy (non-hydrogen) atoms. The Morgan fingerprint density at radius 3 is 2.54 bits per heavy atom. The van der Waals surface area contributed by atoms with E-state index in [4.69, 9.17) is 14.6 Å². The Hall–Kier alpha value is -3.30. The first kappa shape index (κ1) is 28.7. The number of methoxy groups -OCH3 is 2. The molecule has 0 fully saturated rings. The van der Waals surface area contributed by atoms with Crippen LogP contribution in [-0.2, 0) is 19.7 Å². The molecule has 208 valence electrons. The minimum absolute atomic E-state index is 0.0919. The second-order valence-electron chi connectivity index (χ2n) is 10.7. The van der Waals surface area contributed by atoms with Crippen molar-refractivity contribution in [2.75, 3.05) is 44.6 Å². The number of fused-ring (bicyclic) bond motifs is 1. The van der Waals surface area contributed by atoms with Gasteiger partial charge in [0.1, 0.15) is 18.1 Å². The van der Waals surface area contributed by atoms with Crippen molar-refractivity contribution in [1.29, 1.82) is 0 Å². The Morgan fingerprint density at radius 2 is 1.90 bits per heavy atom. The molecule has 1 atom stereocenters. The van der Waals surface area contributed by atoms with Gasteiger partial charge in [-0.05, 0) is 43.2 Å². The first-order valence-electron chi connectivity index (χ1n) is 13.2. The third-order valence-electron chi connectivity index (χ3n) is 6.61. The van der Waals surface area contributed by atoms with Gasteiger partial charge >= 0.3 is 0 Å². The molecule has 2 heterocycles. The molecular weight excluding hydrogens is 512 g/mol. The summed E-state index contributed by atoms with van der Waals surface area (Å²) in [5, 5.41) is 7.93. The van der Waals surface area contributed by atoms with E-state index in [1.807, 2.05) is 35.0 Å². The van der Waals surface area contributed by atoms with Crippen molar-refractivity contribution < 1.29 is 19.1 Å². The molecule has 8 nitrogen and oxygen atoms in total. The van der Waals surface area contributed by atoms with Crippen molar-refractivity contribution in [3.8, 4) is 11.4 Å². The minimum atomic E-state index is -0.314. The molecule has 4 rings (SSSR count). The summed E-state index contributed by atoms with van der Waals surface area (Å²) in [6.07, 6.45) is 0.699. The monoisotopic (exact) mass is 550 g/mol. The van der Waals surface area contributed by atoms with E-state index < -0.39 is 0 Å². The maximum Gasteiger partial charge on any atom is 0.240 e. The predicted molar refractivity (Wildman–Crippen MR) is 156 cm³/mol. The van der Waals surface area contributed by atoms with Gasteiger partial charge in [0.2, 0.25) is 11.8 Å². The Balaban J connectivity index is 1.90. The van der Waals surface area contributed by atoms with Gasteiger partial charge in [-0.2, -0.15) is 5.10 Å². The van der Waals surface area contributed by atoms with Gasteiger partial charge in [-0.1, -0.05) is 50.6 Å². The summed E-state index contributed by atoms with van der Waals surface area (Å²) in [7, 11) is 3.26. The molecule has 3 aromatic rings. The van der Waals surface area contributed by atoms with Crippen LogP contribution >= 0.6 is 11.8 Å². The molecule has 0 radical (unpaired) electrons. The van der Waals surface area contributed by atoms with Crippen molar-refractivity contribution >= 4 is 29.4 Å². The van der Waals surface area contributed by atoms with Gasteiger partial charge in [0.05, 0.1) is 29.5 Å². The van der Waals surface area contributed by atoms with E-state index in [9.17, 15) is 9.59 Å². The molecule has 2 aromatic carbocycles. The van der Waals surface area contributed by atoms with Crippen molar-refractivity contribution in [3.05, 3.63) is 70.9 Å². The van der Waals surface area contributed by atoms with Crippen LogP contribution in [0.5, 0.6) is 5.75 Å². The number of hydrogen-bond acceptors (Lipinski definition) is 6. The zero-order valence-electron chi connectivity index (χ0n) is 23.6. The van der Waals surface area contributed by atoms with Crippen molar-refractivity contribution in [1.82, 2.24) is 15.1 Å². The average Bonchev–Trinajstić information content (AvgIpc) is 3.24. The second-order valence-corrected chi connectivity index (χ2v) is 11.8. The summed E-state index contributed by atoms with van der Waals surface area (Å²) in [4.78, 5) is 28.4. The van der Waals surface area contributed by atoms with Crippen LogP contribution in [0.3, 0.4) is 0 Å². The quantitative estimate of drug-likeness (QED) is 0.385. The largest absolute Gasteiger partial charge is 0.497 e. The molecule has 0 bridgehead atoms. The van der Waals surface area contributed by atoms with Gasteiger partial charge in [0.25, 0.3) is 0 Å². The standard InChI is InChI=1S/C30H38N4O4S/c1-20-9-7-10-21(17-20)27-26-28(30(2,3)4)32-34(22-11-13-23(38-6)14-12-22)29(26)33(25(36)19-39-27)18-24(35)31-15-8-16-37-5/h7,9-14,17,27H,8,15-16,18-19H2,1-6H3,(H,31,35)/t27-/m1/s1. The molecule has 1 aromatic heterocycles. The lowest BCUT2D eigenvalue weighted by Crippen LogP contribution is -2.42. The second kappa shape index (κ2) is 12.3. The van der Waals surface area contributed by atoms with Gasteiger partial charge in [-0.15, -0.1) is 11.8 Å². The van der Waals surface area contributed by atoms with Gasteiger partial charge < -0.3 is 14.8 Å². The fraction of sp³-hybridized carbons (Fsp3) is 0.433. The number of benzene rings is 2. The number of aryl methyl sites for hydroxylation is 1. The molecule has 0 aliphatic carbocycles. The number of nitrogens with zero attached hydrogens (tertiary/aromatic N) is 3. The number of carbonyl (C=O) groups is 2. The maximum atomic E-state index is 13.7. The molecule has 0 unspecified atom stereocenters. The highest BCUT2D eigenvalue weighted by Gasteiger charge is 2.39. The van der Waals surface area contributed by atoms with Gasteiger partial charge in [0, 0.05) is 31.2 Å². The fourth-order valence-electron chi connectivity index (χ4n) is 4.72. The fourth-order valence-corrected chi connectivity index (χ4v) is 5.90. The number of hydrogen-bond donors (Lipinski definition) is 1. The highest BCUT2D eigenvalue weighted by Crippen LogP contribution is 2.48. The van der Waals surface area contributed by atoms with Crippen LogP contribution in [0.4, 0.5) is 5.82 Å². The SMILES string of the molecule is COCCCNC(=O)CN1C(=O)CS[C@H](c2cccc(C)c2)c2c(C(C)(C)C)nn(-c3ccc(OC)cc3)c21. The number of nitrogens with one attached hydrogen (secondary N) is 1. The Kier molecular flexibility index (Phi) is 9.02. The lowest BCUT2D eigenvalue weighted by atomic mass is 9.87. The first-order chi connectivity index (χ1) is 18.6. The highest BCUT2D eigenvalue weighted by atomic mass is 32.2. The summed E-state index contributed by atoms with van der Waals surface area (Å²) < 4.78 is 12.3. The molecule has 0 saturated carbocycles. The summed E-state index contributed by atoms with van der Waals surface area (Å²) in [5.74, 6) is 1.27. The van der Waals surface area contributed by atoms with Gasteiger partial charge in [-0.25, -0.2) is 4.68 Å². The van der Waals surface area contributed by atoms with Crippen molar-refractivity contribution in [2.45, 2.75) is 44.8 Å². The average molecular weight is 551 g/mol. The number of thioether (sulfide) groups is 1. The lowest BCUT2D eigenvalue weighted by Gasteiger charge is -2.24. The van der Waals surface area contributed by atoms with E-state index >= 15 is 0 Å². The van der Waals surface area contributed by atoms with Crippen LogP contribution in [0.15, 0.2) is 48.5 Å². The molecule has 1 aliphatic rings. The Bertz CT molecular complexity index is 1310. The van der Waals surface area contributed by atoms with Crippen LogP contribution in [0, 0.1) is 6.92 Å². The Labute approximate surface area is 235 Å². The third-order valence-corrected chi connectivity index (χ3v) is 7.87. The van der Waals surface area contributed by atoms with Crippen molar-refractivity contribution in [3.63, 3.8) is 0 Å². The van der Waals surface area contributed by atoms with Gasteiger partial charge in [-0.3, -0.25) is 14.5 Å². The zero-order valence-corrected chi connectivity index (χ0v) is 24.4. The highest BCUT2D eigenvalue weighted by molar-refractivity contribution is 8.00. The van der Waals surface area contributed by atoms with Crippen LogP contribution in [0.2, 0.25) is 0 Å². The summed E-state index contributed by atoms with van der Waals surface area (Å²) in [5.41, 5.74) is 4.60. The molecule has 9 heteroatoms. The van der Waals surface area contributed by atoms with E-state index in [1.165, 1.54) is 0 Å². The molecule has 1 N–H and O–H groups in total. The third kappa shape index (κ3) is 6.47. The van der Waals surface area contributed by atoms with Crippen LogP contribution < -0.4 is 15.0 Å². The van der Waals surface area contributed by atoms with Crippen LogP contribution in [0.25, 0.3) is 5.69 Å². The number of amides is 2. The summed E-state index contributed by atoms with van der Waals surface area (Å²) in [6.45, 7) is 9.41. The van der Waals surface area contributed by atoms with Gasteiger partial charge in [0.15, 0.2) is 0 Å². The normalized spacial score (nSPS) is 15.6. The first-order valence-corrected chi connectivity index (χ1v) is 14.2. The number of aromatic nitrogens is 2. The lowest BCUT2D eigenvalue weighted by molar-refractivity contribution is -0.122. The topological polar surface area (TPSA) is 85.7 Å². The minimum Gasteiger partial charge on any atom is -0.497 e. The zero-order chi connectivity index (χ0) is 28.2. The van der Waals surface area contributed by atoms with Crippen LogP contribution in [0.1, 0.15) is 54.8 Å². The number of carbonyl (C=O) groups excluding carboxylic acids is 2. The molecule has 0 saturated heterocycles. The maximum absolute atomic E-state index is 13.7.